The predicted octanol–water partition coefficient (Wildman–Crippen LogP) is 3.12. The summed E-state index contributed by atoms with van der Waals surface area (Å²) in [5.74, 6) is 0.567. The van der Waals surface area contributed by atoms with Crippen LogP contribution in [0.25, 0.3) is 11.3 Å². The van der Waals surface area contributed by atoms with Crippen LogP contribution in [0.1, 0.15) is 10.4 Å². The molecule has 2 heterocycles. The van der Waals surface area contributed by atoms with Gasteiger partial charge < -0.3 is 14.7 Å². The van der Waals surface area contributed by atoms with Gasteiger partial charge >= 0.3 is 0 Å². The van der Waals surface area contributed by atoms with E-state index in [1.807, 2.05) is 60.7 Å². The Balaban J connectivity index is 1.33. The summed E-state index contributed by atoms with van der Waals surface area (Å²) >= 11 is 0. The van der Waals surface area contributed by atoms with E-state index >= 15 is 0 Å². The van der Waals surface area contributed by atoms with Gasteiger partial charge in [0.25, 0.3) is 5.91 Å². The Labute approximate surface area is 194 Å². The molecule has 4 rings (SSSR count). The number of hydrogen-bond acceptors (Lipinski definition) is 5. The molecule has 33 heavy (non-hydrogen) atoms. The number of nitrogens with zero attached hydrogens (tertiary/aromatic N) is 5. The first-order valence-corrected chi connectivity index (χ1v) is 11.0. The summed E-state index contributed by atoms with van der Waals surface area (Å²) in [5, 5.41) is 8.75. The second-order valence-electron chi connectivity index (χ2n) is 7.85. The first-order chi connectivity index (χ1) is 16.2. The van der Waals surface area contributed by atoms with Gasteiger partial charge in [-0.2, -0.15) is 0 Å². The number of hydrogen-bond donors (Lipinski definition) is 0. The summed E-state index contributed by atoms with van der Waals surface area (Å²) in [6.07, 6.45) is 1.64. The molecule has 2 amide bonds. The van der Waals surface area contributed by atoms with E-state index < -0.39 is 0 Å². The lowest BCUT2D eigenvalue weighted by molar-refractivity contribution is -0.132. The Kier molecular flexibility index (Phi) is 7.09. The molecular formula is C26H27N5O2. The van der Waals surface area contributed by atoms with Crippen LogP contribution >= 0.6 is 0 Å². The third kappa shape index (κ3) is 5.44. The van der Waals surface area contributed by atoms with Gasteiger partial charge in [-0.1, -0.05) is 54.6 Å². The lowest BCUT2D eigenvalue weighted by Gasteiger charge is -2.36. The quantitative estimate of drug-likeness (QED) is 0.527. The second kappa shape index (κ2) is 10.5. The highest BCUT2D eigenvalue weighted by atomic mass is 16.2. The van der Waals surface area contributed by atoms with E-state index in [1.54, 1.807) is 23.1 Å². The van der Waals surface area contributed by atoms with Crippen LogP contribution in [0.4, 0.5) is 5.82 Å². The third-order valence-corrected chi connectivity index (χ3v) is 5.66. The van der Waals surface area contributed by atoms with Crippen molar-refractivity contribution in [3.05, 3.63) is 91.0 Å². The summed E-state index contributed by atoms with van der Waals surface area (Å²) in [6.45, 7) is 6.56. The van der Waals surface area contributed by atoms with Crippen molar-refractivity contribution in [1.29, 1.82) is 0 Å². The maximum atomic E-state index is 12.9. The maximum Gasteiger partial charge on any atom is 0.254 e. The summed E-state index contributed by atoms with van der Waals surface area (Å²) in [6, 6.07) is 22.9. The number of rotatable bonds is 7. The average molecular weight is 442 g/mol. The lowest BCUT2D eigenvalue weighted by Crippen LogP contribution is -2.52. The Bertz CT molecular complexity index is 1080. The zero-order valence-electron chi connectivity index (χ0n) is 18.5. The van der Waals surface area contributed by atoms with E-state index in [1.165, 1.54) is 4.90 Å². The minimum Gasteiger partial charge on any atom is -0.352 e. The van der Waals surface area contributed by atoms with Crippen molar-refractivity contribution in [2.75, 3.05) is 44.2 Å². The summed E-state index contributed by atoms with van der Waals surface area (Å²) in [4.78, 5) is 31.2. The van der Waals surface area contributed by atoms with Crippen molar-refractivity contribution in [1.82, 2.24) is 20.0 Å². The Hall–Kier alpha value is -4.00. The van der Waals surface area contributed by atoms with E-state index in [2.05, 4.69) is 21.7 Å². The molecule has 2 aromatic carbocycles. The SMILES string of the molecule is C=CCN(CC(=O)N1CCN(c2ccc(-c3ccccc3)nn2)CC1)C(=O)c1ccccc1. The molecule has 0 bridgehead atoms. The van der Waals surface area contributed by atoms with Crippen LogP contribution in [-0.4, -0.2) is 71.1 Å². The van der Waals surface area contributed by atoms with Gasteiger partial charge in [0.05, 0.1) is 5.69 Å². The third-order valence-electron chi connectivity index (χ3n) is 5.66. The van der Waals surface area contributed by atoms with Crippen molar-refractivity contribution >= 4 is 17.6 Å². The highest BCUT2D eigenvalue weighted by Gasteiger charge is 2.25. The van der Waals surface area contributed by atoms with Crippen molar-refractivity contribution in [3.63, 3.8) is 0 Å². The standard InChI is InChI=1S/C26H27N5O2/c1-2-15-31(26(33)22-11-7-4-8-12-22)20-25(32)30-18-16-29(17-19-30)24-14-13-23(27-28-24)21-9-5-3-6-10-21/h2-14H,1,15-20H2. The summed E-state index contributed by atoms with van der Waals surface area (Å²) < 4.78 is 0. The van der Waals surface area contributed by atoms with E-state index in [9.17, 15) is 9.59 Å². The van der Waals surface area contributed by atoms with Gasteiger partial charge in [0.15, 0.2) is 5.82 Å². The van der Waals surface area contributed by atoms with Crippen molar-refractivity contribution in [3.8, 4) is 11.3 Å². The van der Waals surface area contributed by atoms with Gasteiger partial charge in [0.2, 0.25) is 5.91 Å². The lowest BCUT2D eigenvalue weighted by atomic mass is 10.1. The summed E-state index contributed by atoms with van der Waals surface area (Å²) in [5.41, 5.74) is 2.43. The number of carbonyl (C=O) groups excluding carboxylic acids is 2. The van der Waals surface area contributed by atoms with E-state index in [0.717, 1.165) is 17.1 Å². The molecular weight excluding hydrogens is 414 g/mol. The number of aromatic nitrogens is 2. The van der Waals surface area contributed by atoms with Gasteiger partial charge in [-0.25, -0.2) is 0 Å². The van der Waals surface area contributed by atoms with Crippen LogP contribution in [0.3, 0.4) is 0 Å². The highest BCUT2D eigenvalue weighted by molar-refractivity contribution is 5.96. The number of carbonyl (C=O) groups is 2. The molecule has 1 saturated heterocycles. The number of benzene rings is 2. The highest BCUT2D eigenvalue weighted by Crippen LogP contribution is 2.19. The fraction of sp³-hybridized carbons (Fsp3) is 0.231. The van der Waals surface area contributed by atoms with Crippen LogP contribution < -0.4 is 4.90 Å². The topological polar surface area (TPSA) is 69.6 Å². The predicted molar refractivity (Wildman–Crippen MR) is 129 cm³/mol. The normalized spacial score (nSPS) is 13.5. The minimum absolute atomic E-state index is 0.0331. The minimum atomic E-state index is -0.170. The van der Waals surface area contributed by atoms with Gasteiger partial charge in [-0.3, -0.25) is 9.59 Å². The van der Waals surface area contributed by atoms with Crippen molar-refractivity contribution < 1.29 is 9.59 Å². The molecule has 0 saturated carbocycles. The first-order valence-electron chi connectivity index (χ1n) is 11.0. The van der Waals surface area contributed by atoms with Crippen LogP contribution in [0.15, 0.2) is 85.5 Å². The monoisotopic (exact) mass is 441 g/mol. The van der Waals surface area contributed by atoms with Crippen LogP contribution in [0, 0.1) is 0 Å². The number of amides is 2. The average Bonchev–Trinajstić information content (AvgIpc) is 2.89. The fourth-order valence-corrected chi connectivity index (χ4v) is 3.84. The van der Waals surface area contributed by atoms with Gasteiger partial charge in [0.1, 0.15) is 6.54 Å². The molecule has 0 unspecified atom stereocenters. The van der Waals surface area contributed by atoms with E-state index in [-0.39, 0.29) is 18.4 Å². The molecule has 3 aromatic rings. The van der Waals surface area contributed by atoms with Crippen LogP contribution in [0.2, 0.25) is 0 Å². The number of piperazine rings is 1. The molecule has 7 nitrogen and oxygen atoms in total. The molecule has 0 aliphatic carbocycles. The fourth-order valence-electron chi connectivity index (χ4n) is 3.84. The zero-order chi connectivity index (χ0) is 23.0. The smallest absolute Gasteiger partial charge is 0.254 e. The maximum absolute atomic E-state index is 12.9. The largest absolute Gasteiger partial charge is 0.352 e. The molecule has 7 heteroatoms. The number of anilines is 1. The Morgan fingerprint density at radius 1 is 0.879 bits per heavy atom. The molecule has 1 aromatic heterocycles. The van der Waals surface area contributed by atoms with Crippen molar-refractivity contribution in [2.45, 2.75) is 0 Å². The molecule has 1 aliphatic rings. The second-order valence-corrected chi connectivity index (χ2v) is 7.85. The Morgan fingerprint density at radius 2 is 1.55 bits per heavy atom. The van der Waals surface area contributed by atoms with Gasteiger partial charge in [-0.05, 0) is 24.3 Å². The van der Waals surface area contributed by atoms with Crippen molar-refractivity contribution in [2.24, 2.45) is 0 Å². The van der Waals surface area contributed by atoms with Gasteiger partial charge in [0, 0.05) is 43.9 Å². The Morgan fingerprint density at radius 3 is 2.15 bits per heavy atom. The molecule has 168 valence electrons. The molecule has 0 spiro atoms. The molecule has 0 radical (unpaired) electrons. The summed E-state index contributed by atoms with van der Waals surface area (Å²) in [7, 11) is 0. The van der Waals surface area contributed by atoms with E-state index in [0.29, 0.717) is 38.3 Å². The molecule has 0 N–H and O–H groups in total. The van der Waals surface area contributed by atoms with Gasteiger partial charge in [-0.15, -0.1) is 16.8 Å². The molecule has 1 aliphatic heterocycles. The molecule has 0 atom stereocenters. The van der Waals surface area contributed by atoms with Crippen LogP contribution in [-0.2, 0) is 4.79 Å². The zero-order valence-corrected chi connectivity index (χ0v) is 18.5. The van der Waals surface area contributed by atoms with E-state index in [4.69, 9.17) is 0 Å². The first kappa shape index (κ1) is 22.2. The molecule has 1 fully saturated rings. The van der Waals surface area contributed by atoms with Crippen LogP contribution in [0.5, 0.6) is 0 Å².